The summed E-state index contributed by atoms with van der Waals surface area (Å²) in [5.74, 6) is 0.690. The quantitative estimate of drug-likeness (QED) is 0.752. The van der Waals surface area contributed by atoms with Crippen LogP contribution in [0.1, 0.15) is 5.56 Å². The zero-order valence-corrected chi connectivity index (χ0v) is 12.3. The van der Waals surface area contributed by atoms with Crippen molar-refractivity contribution in [2.45, 2.75) is 6.61 Å². The van der Waals surface area contributed by atoms with Gasteiger partial charge in [0.05, 0.1) is 12.3 Å². The van der Waals surface area contributed by atoms with E-state index in [2.05, 4.69) is 15.2 Å². The van der Waals surface area contributed by atoms with Crippen LogP contribution < -0.4 is 0 Å². The van der Waals surface area contributed by atoms with Gasteiger partial charge in [-0.05, 0) is 42.0 Å². The summed E-state index contributed by atoms with van der Waals surface area (Å²) in [4.78, 5) is 4.33. The van der Waals surface area contributed by atoms with Crippen molar-refractivity contribution in [1.29, 1.82) is 0 Å². The number of hydrogen-bond donors (Lipinski definition) is 1. The first kappa shape index (κ1) is 13.7. The molecule has 0 saturated heterocycles. The number of H-pyrrole nitrogens is 1. The van der Waals surface area contributed by atoms with Gasteiger partial charge in [0.15, 0.2) is 10.6 Å². The first-order chi connectivity index (χ1) is 10.3. The molecule has 1 aromatic carbocycles. The first-order valence-corrected chi connectivity index (χ1v) is 6.87. The molecule has 0 amide bonds. The van der Waals surface area contributed by atoms with Gasteiger partial charge < -0.3 is 4.74 Å². The zero-order chi connectivity index (χ0) is 14.7. The third-order valence-electron chi connectivity index (χ3n) is 3.05. The molecule has 0 aliphatic rings. The largest absolute Gasteiger partial charge is 0.380 e. The Morgan fingerprint density at radius 3 is 2.90 bits per heavy atom. The summed E-state index contributed by atoms with van der Waals surface area (Å²) in [6.07, 6.45) is 1.73. The third-order valence-corrected chi connectivity index (χ3v) is 3.32. The van der Waals surface area contributed by atoms with E-state index in [9.17, 15) is 0 Å². The Hall–Kier alpha value is -2.31. The second-order valence-corrected chi connectivity index (χ2v) is 4.89. The van der Waals surface area contributed by atoms with Crippen LogP contribution in [0, 0.1) is 4.77 Å². The molecule has 6 heteroatoms. The Labute approximate surface area is 127 Å². The normalized spacial score (nSPS) is 10.7. The zero-order valence-electron chi connectivity index (χ0n) is 11.5. The van der Waals surface area contributed by atoms with Gasteiger partial charge in [-0.15, -0.1) is 0 Å². The van der Waals surface area contributed by atoms with Crippen molar-refractivity contribution in [2.75, 3.05) is 7.11 Å². The fourth-order valence-electron chi connectivity index (χ4n) is 2.16. The number of nitrogens with zero attached hydrogens (tertiary/aromatic N) is 3. The molecule has 0 radical (unpaired) electrons. The second kappa shape index (κ2) is 5.99. The Morgan fingerprint density at radius 2 is 2.14 bits per heavy atom. The summed E-state index contributed by atoms with van der Waals surface area (Å²) in [7, 11) is 1.68. The van der Waals surface area contributed by atoms with Crippen molar-refractivity contribution >= 4 is 12.2 Å². The molecule has 0 atom stereocenters. The number of aromatic amines is 1. The molecule has 2 aromatic heterocycles. The standard InChI is InChI=1S/C15H14N4OS/c1-20-10-11-5-4-6-12(9-11)19-14(17-18-15(19)21)13-7-2-3-8-16-13/h2-9H,10H2,1H3,(H,18,21). The first-order valence-electron chi connectivity index (χ1n) is 6.46. The molecule has 0 fully saturated rings. The van der Waals surface area contributed by atoms with Crippen LogP contribution in [0.25, 0.3) is 17.2 Å². The Balaban J connectivity index is 2.13. The molecular formula is C15H14N4OS. The maximum Gasteiger partial charge on any atom is 0.200 e. The predicted molar refractivity (Wildman–Crippen MR) is 82.7 cm³/mol. The van der Waals surface area contributed by atoms with Crippen LogP contribution in [0.3, 0.4) is 0 Å². The molecule has 3 rings (SSSR count). The van der Waals surface area contributed by atoms with Gasteiger partial charge in [0.2, 0.25) is 0 Å². The molecule has 0 bridgehead atoms. The second-order valence-electron chi connectivity index (χ2n) is 4.51. The fraction of sp³-hybridized carbons (Fsp3) is 0.133. The minimum Gasteiger partial charge on any atom is -0.380 e. The van der Waals surface area contributed by atoms with E-state index in [0.717, 1.165) is 16.9 Å². The third kappa shape index (κ3) is 2.76. The predicted octanol–water partition coefficient (Wildman–Crippen LogP) is 3.14. The van der Waals surface area contributed by atoms with E-state index >= 15 is 0 Å². The van der Waals surface area contributed by atoms with Crippen LogP contribution in [-0.4, -0.2) is 26.9 Å². The summed E-state index contributed by atoms with van der Waals surface area (Å²) in [6.45, 7) is 0.554. The lowest BCUT2D eigenvalue weighted by Gasteiger charge is -2.08. The summed E-state index contributed by atoms with van der Waals surface area (Å²) in [5.41, 5.74) is 2.77. The van der Waals surface area contributed by atoms with Crippen LogP contribution in [-0.2, 0) is 11.3 Å². The van der Waals surface area contributed by atoms with Crippen molar-refractivity contribution < 1.29 is 4.74 Å². The van der Waals surface area contributed by atoms with Crippen molar-refractivity contribution in [1.82, 2.24) is 19.7 Å². The molecule has 0 aliphatic carbocycles. The summed E-state index contributed by atoms with van der Waals surface area (Å²) >= 11 is 5.35. The molecule has 0 unspecified atom stereocenters. The number of hydrogen-bond acceptors (Lipinski definition) is 4. The molecule has 2 heterocycles. The van der Waals surface area contributed by atoms with E-state index < -0.39 is 0 Å². The van der Waals surface area contributed by atoms with Gasteiger partial charge in [-0.2, -0.15) is 5.10 Å². The molecule has 21 heavy (non-hydrogen) atoms. The minimum atomic E-state index is 0.533. The molecule has 0 spiro atoms. The lowest BCUT2D eigenvalue weighted by molar-refractivity contribution is 0.185. The highest BCUT2D eigenvalue weighted by Crippen LogP contribution is 2.20. The highest BCUT2D eigenvalue weighted by atomic mass is 32.1. The molecule has 106 valence electrons. The smallest absolute Gasteiger partial charge is 0.200 e. The number of methoxy groups -OCH3 is 1. The molecule has 3 aromatic rings. The van der Waals surface area contributed by atoms with Gasteiger partial charge in [0.1, 0.15) is 5.69 Å². The van der Waals surface area contributed by atoms with Gasteiger partial charge in [0.25, 0.3) is 0 Å². The lowest BCUT2D eigenvalue weighted by atomic mass is 10.2. The molecule has 5 nitrogen and oxygen atoms in total. The maximum absolute atomic E-state index is 5.35. The van der Waals surface area contributed by atoms with E-state index in [0.29, 0.717) is 17.2 Å². The number of ether oxygens (including phenoxy) is 1. The summed E-state index contributed by atoms with van der Waals surface area (Å²) < 4.78 is 7.58. The van der Waals surface area contributed by atoms with E-state index in [1.807, 2.05) is 47.0 Å². The molecular weight excluding hydrogens is 284 g/mol. The van der Waals surface area contributed by atoms with Crippen molar-refractivity contribution in [2.24, 2.45) is 0 Å². The van der Waals surface area contributed by atoms with Gasteiger partial charge >= 0.3 is 0 Å². The maximum atomic E-state index is 5.35. The van der Waals surface area contributed by atoms with E-state index in [1.54, 1.807) is 13.3 Å². The summed E-state index contributed by atoms with van der Waals surface area (Å²) in [5, 5.41) is 7.12. The highest BCUT2D eigenvalue weighted by Gasteiger charge is 2.11. The fourth-order valence-corrected chi connectivity index (χ4v) is 2.39. The van der Waals surface area contributed by atoms with E-state index in [-0.39, 0.29) is 0 Å². The van der Waals surface area contributed by atoms with Gasteiger partial charge in [-0.25, -0.2) is 0 Å². The summed E-state index contributed by atoms with van der Waals surface area (Å²) in [6, 6.07) is 13.7. The van der Waals surface area contributed by atoms with Crippen molar-refractivity contribution in [3.8, 4) is 17.2 Å². The monoisotopic (exact) mass is 298 g/mol. The average Bonchev–Trinajstić information content (AvgIpc) is 2.90. The SMILES string of the molecule is COCc1cccc(-n2c(-c3ccccn3)n[nH]c2=S)c1. The van der Waals surface area contributed by atoms with Gasteiger partial charge in [-0.3, -0.25) is 14.6 Å². The van der Waals surface area contributed by atoms with E-state index in [1.165, 1.54) is 0 Å². The molecule has 0 aliphatic heterocycles. The number of nitrogens with one attached hydrogen (secondary N) is 1. The Bertz CT molecular complexity index is 795. The van der Waals surface area contributed by atoms with Crippen molar-refractivity contribution in [3.05, 3.63) is 59.0 Å². The molecule has 0 saturated carbocycles. The van der Waals surface area contributed by atoms with Crippen LogP contribution in [0.15, 0.2) is 48.7 Å². The van der Waals surface area contributed by atoms with Crippen LogP contribution in [0.5, 0.6) is 0 Å². The van der Waals surface area contributed by atoms with Gasteiger partial charge in [0, 0.05) is 13.3 Å². The minimum absolute atomic E-state index is 0.533. The number of pyridine rings is 1. The number of rotatable bonds is 4. The highest BCUT2D eigenvalue weighted by molar-refractivity contribution is 7.71. The topological polar surface area (TPSA) is 55.7 Å². The van der Waals surface area contributed by atoms with Crippen LogP contribution in [0.4, 0.5) is 0 Å². The Kier molecular flexibility index (Phi) is 3.89. The lowest BCUT2D eigenvalue weighted by Crippen LogP contribution is -2.00. The van der Waals surface area contributed by atoms with Crippen LogP contribution in [0.2, 0.25) is 0 Å². The van der Waals surface area contributed by atoms with Crippen LogP contribution >= 0.6 is 12.2 Å². The van der Waals surface area contributed by atoms with Gasteiger partial charge in [-0.1, -0.05) is 18.2 Å². The van der Waals surface area contributed by atoms with E-state index in [4.69, 9.17) is 17.0 Å². The van der Waals surface area contributed by atoms with Crippen molar-refractivity contribution in [3.63, 3.8) is 0 Å². The number of aromatic nitrogens is 4. The molecule has 1 N–H and O–H groups in total. The average molecular weight is 298 g/mol. The Morgan fingerprint density at radius 1 is 1.24 bits per heavy atom. The number of benzene rings is 1.